The molecule has 4 unspecified atom stereocenters. The van der Waals surface area contributed by atoms with Gasteiger partial charge in [0.05, 0.1) is 4.90 Å². The molecule has 6 heteroatoms. The molecule has 2 fully saturated rings. The van der Waals surface area contributed by atoms with Crippen molar-refractivity contribution in [1.82, 2.24) is 4.72 Å². The highest BCUT2D eigenvalue weighted by Crippen LogP contribution is 2.52. The SMILES string of the molecule is O=S(=O)(NCC1C2CCC(C2)C1/C=C\CCCCO)c1ccc(Br)cc1. The second-order valence-corrected chi connectivity index (χ2v) is 10.2. The third kappa shape index (κ3) is 4.77. The summed E-state index contributed by atoms with van der Waals surface area (Å²) in [6, 6.07) is 6.77. The molecule has 26 heavy (non-hydrogen) atoms. The number of hydrogen-bond acceptors (Lipinski definition) is 3. The van der Waals surface area contributed by atoms with Crippen molar-refractivity contribution in [1.29, 1.82) is 0 Å². The minimum Gasteiger partial charge on any atom is -0.396 e. The Kier molecular flexibility index (Phi) is 6.94. The fourth-order valence-electron chi connectivity index (χ4n) is 4.59. The predicted octanol–water partition coefficient (Wildman–Crippen LogP) is 4.11. The summed E-state index contributed by atoms with van der Waals surface area (Å²) in [6.07, 6.45) is 11.1. The molecule has 2 bridgehead atoms. The highest BCUT2D eigenvalue weighted by Gasteiger charge is 2.46. The third-order valence-electron chi connectivity index (χ3n) is 5.93. The van der Waals surface area contributed by atoms with E-state index in [4.69, 9.17) is 5.11 Å². The summed E-state index contributed by atoms with van der Waals surface area (Å²) in [5.74, 6) is 2.22. The zero-order valence-electron chi connectivity index (χ0n) is 15.0. The van der Waals surface area contributed by atoms with Crippen molar-refractivity contribution in [2.75, 3.05) is 13.2 Å². The molecule has 0 heterocycles. The van der Waals surface area contributed by atoms with Gasteiger partial charge in [-0.1, -0.05) is 28.1 Å². The normalized spacial score (nSPS) is 28.2. The van der Waals surface area contributed by atoms with E-state index in [2.05, 4.69) is 32.8 Å². The Hall–Kier alpha value is -0.690. The fraction of sp³-hybridized carbons (Fsp3) is 0.600. The molecule has 3 rings (SSSR count). The molecule has 2 saturated carbocycles. The highest BCUT2D eigenvalue weighted by molar-refractivity contribution is 9.10. The Morgan fingerprint density at radius 2 is 1.88 bits per heavy atom. The van der Waals surface area contributed by atoms with Crippen LogP contribution in [0, 0.1) is 23.7 Å². The van der Waals surface area contributed by atoms with Crippen molar-refractivity contribution in [3.8, 4) is 0 Å². The van der Waals surface area contributed by atoms with Crippen LogP contribution >= 0.6 is 15.9 Å². The van der Waals surface area contributed by atoms with E-state index in [1.165, 1.54) is 19.3 Å². The Morgan fingerprint density at radius 1 is 1.15 bits per heavy atom. The van der Waals surface area contributed by atoms with E-state index >= 15 is 0 Å². The van der Waals surface area contributed by atoms with Crippen molar-refractivity contribution in [3.05, 3.63) is 40.9 Å². The maximum Gasteiger partial charge on any atom is 0.240 e. The van der Waals surface area contributed by atoms with E-state index in [9.17, 15) is 8.42 Å². The molecule has 2 aliphatic carbocycles. The van der Waals surface area contributed by atoms with E-state index in [0.29, 0.717) is 35.1 Å². The summed E-state index contributed by atoms with van der Waals surface area (Å²) in [5, 5.41) is 8.87. The first kappa shape index (κ1) is 20.1. The number of aliphatic hydroxyl groups excluding tert-OH is 1. The number of fused-ring (bicyclic) bond motifs is 2. The molecule has 0 spiro atoms. The first-order chi connectivity index (χ1) is 12.5. The van der Waals surface area contributed by atoms with Gasteiger partial charge in [0.15, 0.2) is 0 Å². The number of benzene rings is 1. The Balaban J connectivity index is 1.61. The number of hydrogen-bond donors (Lipinski definition) is 2. The minimum absolute atomic E-state index is 0.252. The number of unbranched alkanes of at least 4 members (excludes halogenated alkanes) is 2. The van der Waals surface area contributed by atoms with Crippen LogP contribution in [0.4, 0.5) is 0 Å². The number of aliphatic hydroxyl groups is 1. The number of nitrogens with one attached hydrogen (secondary N) is 1. The third-order valence-corrected chi connectivity index (χ3v) is 7.90. The first-order valence-electron chi connectivity index (χ1n) is 9.54. The zero-order valence-corrected chi connectivity index (χ0v) is 17.4. The maximum absolute atomic E-state index is 12.6. The van der Waals surface area contributed by atoms with Crippen LogP contribution in [0.5, 0.6) is 0 Å². The molecule has 4 nitrogen and oxygen atoms in total. The van der Waals surface area contributed by atoms with Crippen molar-refractivity contribution in [3.63, 3.8) is 0 Å². The van der Waals surface area contributed by atoms with Gasteiger partial charge < -0.3 is 5.11 Å². The molecule has 2 aliphatic rings. The molecule has 2 N–H and O–H groups in total. The molecule has 144 valence electrons. The van der Waals surface area contributed by atoms with Gasteiger partial charge in [0.2, 0.25) is 10.0 Å². The first-order valence-corrected chi connectivity index (χ1v) is 11.8. The Labute approximate surface area is 165 Å². The van der Waals surface area contributed by atoms with E-state index in [0.717, 1.165) is 23.7 Å². The Morgan fingerprint density at radius 3 is 2.62 bits per heavy atom. The number of rotatable bonds is 9. The van der Waals surface area contributed by atoms with E-state index in [-0.39, 0.29) is 6.61 Å². The van der Waals surface area contributed by atoms with Crippen LogP contribution < -0.4 is 4.72 Å². The Bertz CT molecular complexity index is 717. The number of halogens is 1. The van der Waals surface area contributed by atoms with E-state index in [1.807, 2.05) is 0 Å². The van der Waals surface area contributed by atoms with Gasteiger partial charge >= 0.3 is 0 Å². The molecule has 1 aromatic rings. The highest BCUT2D eigenvalue weighted by atomic mass is 79.9. The van der Waals surface area contributed by atoms with Crippen LogP contribution in [0.2, 0.25) is 0 Å². The van der Waals surface area contributed by atoms with Gasteiger partial charge in [-0.3, -0.25) is 0 Å². The van der Waals surface area contributed by atoms with Gasteiger partial charge in [-0.2, -0.15) is 0 Å². The topological polar surface area (TPSA) is 66.4 Å². The summed E-state index contributed by atoms with van der Waals surface area (Å²) >= 11 is 3.34. The fourth-order valence-corrected chi connectivity index (χ4v) is 5.93. The van der Waals surface area contributed by atoms with E-state index < -0.39 is 10.0 Å². The predicted molar refractivity (Wildman–Crippen MR) is 107 cm³/mol. The van der Waals surface area contributed by atoms with Crippen molar-refractivity contribution in [2.24, 2.45) is 23.7 Å². The second-order valence-electron chi connectivity index (χ2n) is 7.53. The largest absolute Gasteiger partial charge is 0.396 e. The van der Waals surface area contributed by atoms with E-state index in [1.54, 1.807) is 24.3 Å². The van der Waals surface area contributed by atoms with Crippen LogP contribution in [0.25, 0.3) is 0 Å². The number of allylic oxidation sites excluding steroid dienone is 2. The number of sulfonamides is 1. The lowest BCUT2D eigenvalue weighted by molar-refractivity contribution is 0.266. The molecule has 0 amide bonds. The van der Waals surface area contributed by atoms with Crippen molar-refractivity contribution >= 4 is 26.0 Å². The van der Waals surface area contributed by atoms with Crippen molar-refractivity contribution in [2.45, 2.75) is 43.4 Å². The summed E-state index contributed by atoms with van der Waals surface area (Å²) < 4.78 is 28.9. The van der Waals surface area contributed by atoms with Gasteiger partial charge in [-0.15, -0.1) is 0 Å². The smallest absolute Gasteiger partial charge is 0.240 e. The van der Waals surface area contributed by atoms with Gasteiger partial charge in [0.25, 0.3) is 0 Å². The van der Waals surface area contributed by atoms with Crippen LogP contribution in [0.1, 0.15) is 38.5 Å². The molecule has 0 radical (unpaired) electrons. The van der Waals surface area contributed by atoms with Crippen LogP contribution in [0.3, 0.4) is 0 Å². The van der Waals surface area contributed by atoms with Gasteiger partial charge in [-0.05, 0) is 86.5 Å². The molecule has 0 saturated heterocycles. The van der Waals surface area contributed by atoms with Crippen LogP contribution in [-0.4, -0.2) is 26.7 Å². The second kappa shape index (κ2) is 9.00. The monoisotopic (exact) mass is 441 g/mol. The van der Waals surface area contributed by atoms with Crippen LogP contribution in [0.15, 0.2) is 45.8 Å². The quantitative estimate of drug-likeness (QED) is 0.447. The lowest BCUT2D eigenvalue weighted by Crippen LogP contribution is -2.35. The van der Waals surface area contributed by atoms with Crippen LogP contribution in [-0.2, 0) is 10.0 Å². The molecule has 0 aliphatic heterocycles. The van der Waals surface area contributed by atoms with Gasteiger partial charge in [-0.25, -0.2) is 13.1 Å². The molecule has 0 aromatic heterocycles. The molecular weight excluding hydrogens is 414 g/mol. The maximum atomic E-state index is 12.6. The molecule has 1 aromatic carbocycles. The molecular formula is C20H28BrNO3S. The average molecular weight is 442 g/mol. The summed E-state index contributed by atoms with van der Waals surface area (Å²) in [4.78, 5) is 0.319. The zero-order chi connectivity index (χ0) is 18.6. The summed E-state index contributed by atoms with van der Waals surface area (Å²) in [5.41, 5.74) is 0. The lowest BCUT2D eigenvalue weighted by atomic mass is 9.79. The lowest BCUT2D eigenvalue weighted by Gasteiger charge is -2.29. The average Bonchev–Trinajstić information content (AvgIpc) is 3.22. The minimum atomic E-state index is -3.46. The molecule has 4 atom stereocenters. The summed E-state index contributed by atoms with van der Waals surface area (Å²) in [6.45, 7) is 0.771. The van der Waals surface area contributed by atoms with Gasteiger partial charge in [0, 0.05) is 17.6 Å². The van der Waals surface area contributed by atoms with Gasteiger partial charge in [0.1, 0.15) is 0 Å². The summed E-state index contributed by atoms with van der Waals surface area (Å²) in [7, 11) is -3.46. The standard InChI is InChI=1S/C20H28BrNO3S/c21-17-8-10-18(11-9-17)26(24,25)22-14-20-16-7-6-15(13-16)19(20)5-3-1-2-4-12-23/h3,5,8-11,15-16,19-20,22-23H,1-2,4,6-7,12-14H2/b5-3-. The van der Waals surface area contributed by atoms with Crippen molar-refractivity contribution < 1.29 is 13.5 Å².